The third-order valence-electron chi connectivity index (χ3n) is 6.42. The molecule has 144 valence electrons. The fourth-order valence-corrected chi connectivity index (χ4v) is 4.42. The van der Waals surface area contributed by atoms with Gasteiger partial charge < -0.3 is 5.73 Å². The number of hydrogen-bond donors (Lipinski definition) is 1. The van der Waals surface area contributed by atoms with Gasteiger partial charge in [-0.1, -0.05) is 12.1 Å². The number of aryl methyl sites for hydroxylation is 1. The predicted molar refractivity (Wildman–Crippen MR) is 109 cm³/mol. The minimum Gasteiger partial charge on any atom is -0.364 e. The lowest BCUT2D eigenvalue weighted by atomic mass is 9.93. The summed E-state index contributed by atoms with van der Waals surface area (Å²) in [5.41, 5.74) is 10.5. The summed E-state index contributed by atoms with van der Waals surface area (Å²) in [7, 11) is 1.88. The molecule has 2 fully saturated rings. The van der Waals surface area contributed by atoms with Crippen LogP contribution in [0.1, 0.15) is 41.7 Å². The molecule has 1 amide bonds. The SMILES string of the molecule is Cn1cc(-c2cc(C(N)=O)nc3cc(CN4CCC5(CC4)CC5)ccc23)cn1. The van der Waals surface area contributed by atoms with E-state index in [1.165, 1.54) is 44.3 Å². The highest BCUT2D eigenvalue weighted by atomic mass is 16.1. The van der Waals surface area contributed by atoms with Crippen molar-refractivity contribution in [2.75, 3.05) is 13.1 Å². The number of primary amides is 1. The molecule has 1 saturated heterocycles. The van der Waals surface area contributed by atoms with E-state index < -0.39 is 5.91 Å². The van der Waals surface area contributed by atoms with Gasteiger partial charge in [0, 0.05) is 30.7 Å². The summed E-state index contributed by atoms with van der Waals surface area (Å²) in [5.74, 6) is -0.511. The van der Waals surface area contributed by atoms with Crippen LogP contribution in [0.2, 0.25) is 0 Å². The number of carbonyl (C=O) groups is 1. The van der Waals surface area contributed by atoms with Gasteiger partial charge in [0.2, 0.25) is 0 Å². The van der Waals surface area contributed by atoms with Crippen LogP contribution in [0.15, 0.2) is 36.7 Å². The maximum absolute atomic E-state index is 11.8. The molecule has 1 spiro atoms. The lowest BCUT2D eigenvalue weighted by molar-refractivity contribution is 0.0996. The van der Waals surface area contributed by atoms with Crippen LogP contribution < -0.4 is 5.73 Å². The second kappa shape index (κ2) is 6.41. The normalized spacial score (nSPS) is 18.6. The van der Waals surface area contributed by atoms with Crippen LogP contribution >= 0.6 is 0 Å². The molecular weight excluding hydrogens is 350 g/mol. The van der Waals surface area contributed by atoms with E-state index in [1.54, 1.807) is 16.9 Å². The summed E-state index contributed by atoms with van der Waals surface area (Å²) in [6.45, 7) is 3.28. The number of pyridine rings is 1. The highest BCUT2D eigenvalue weighted by Crippen LogP contribution is 2.53. The largest absolute Gasteiger partial charge is 0.364 e. The Morgan fingerprint density at radius 3 is 2.61 bits per heavy atom. The van der Waals surface area contributed by atoms with E-state index in [0.29, 0.717) is 5.41 Å². The summed E-state index contributed by atoms with van der Waals surface area (Å²) >= 11 is 0. The average Bonchev–Trinajstić information content (AvgIpc) is 3.31. The van der Waals surface area contributed by atoms with Crippen LogP contribution in [-0.4, -0.2) is 38.7 Å². The van der Waals surface area contributed by atoms with Crippen molar-refractivity contribution in [3.63, 3.8) is 0 Å². The number of likely N-dealkylation sites (tertiary alicyclic amines) is 1. The van der Waals surface area contributed by atoms with Crippen LogP contribution in [0.5, 0.6) is 0 Å². The number of hydrogen-bond acceptors (Lipinski definition) is 4. The first-order chi connectivity index (χ1) is 13.5. The van der Waals surface area contributed by atoms with Gasteiger partial charge in [-0.2, -0.15) is 5.10 Å². The van der Waals surface area contributed by atoms with Gasteiger partial charge in [0.1, 0.15) is 5.69 Å². The first-order valence-electron chi connectivity index (χ1n) is 9.96. The number of benzene rings is 1. The number of aromatic nitrogens is 3. The van der Waals surface area contributed by atoms with Gasteiger partial charge in [-0.25, -0.2) is 4.98 Å². The number of nitrogens with two attached hydrogens (primary N) is 1. The van der Waals surface area contributed by atoms with Crippen molar-refractivity contribution in [3.05, 3.63) is 47.9 Å². The standard InChI is InChI=1S/C22H25N5O/c1-26-14-16(12-24-26)18-11-20(21(23)28)25-19-10-15(2-3-17(18)19)13-27-8-6-22(4-5-22)7-9-27/h2-3,10-12,14H,4-9,13H2,1H3,(H2,23,28). The summed E-state index contributed by atoms with van der Waals surface area (Å²) in [4.78, 5) is 18.9. The number of fused-ring (bicyclic) bond motifs is 1. The van der Waals surface area contributed by atoms with Crippen LogP contribution in [0, 0.1) is 5.41 Å². The fourth-order valence-electron chi connectivity index (χ4n) is 4.42. The predicted octanol–water partition coefficient (Wildman–Crippen LogP) is 3.11. The molecule has 2 aromatic heterocycles. The minimum absolute atomic E-state index is 0.289. The number of amides is 1. The Bertz CT molecular complexity index is 1060. The first kappa shape index (κ1) is 17.4. The van der Waals surface area contributed by atoms with Gasteiger partial charge in [0.25, 0.3) is 5.91 Å². The van der Waals surface area contributed by atoms with Crippen LogP contribution in [0.25, 0.3) is 22.0 Å². The van der Waals surface area contributed by atoms with Gasteiger partial charge >= 0.3 is 0 Å². The van der Waals surface area contributed by atoms with E-state index in [9.17, 15) is 4.79 Å². The third kappa shape index (κ3) is 3.18. The molecule has 1 aliphatic heterocycles. The van der Waals surface area contributed by atoms with E-state index in [4.69, 9.17) is 5.73 Å². The molecular formula is C22H25N5O. The Hall–Kier alpha value is -2.73. The van der Waals surface area contributed by atoms with E-state index in [2.05, 4.69) is 33.2 Å². The van der Waals surface area contributed by atoms with Gasteiger partial charge in [-0.05, 0) is 67.4 Å². The van der Waals surface area contributed by atoms with Crippen molar-refractivity contribution in [3.8, 4) is 11.1 Å². The zero-order valence-electron chi connectivity index (χ0n) is 16.2. The second-order valence-corrected chi connectivity index (χ2v) is 8.45. The molecule has 2 N–H and O–H groups in total. The quantitative estimate of drug-likeness (QED) is 0.760. The molecule has 0 atom stereocenters. The number of rotatable bonds is 4. The minimum atomic E-state index is -0.511. The molecule has 5 rings (SSSR count). The molecule has 3 heterocycles. The molecule has 1 saturated carbocycles. The highest BCUT2D eigenvalue weighted by Gasteiger charge is 2.44. The monoisotopic (exact) mass is 375 g/mol. The van der Waals surface area contributed by atoms with Gasteiger partial charge in [0.15, 0.2) is 0 Å². The maximum atomic E-state index is 11.8. The Morgan fingerprint density at radius 2 is 1.96 bits per heavy atom. The summed E-state index contributed by atoms with van der Waals surface area (Å²) in [6, 6.07) is 8.15. The number of piperidine rings is 1. The molecule has 0 bridgehead atoms. The van der Waals surface area contributed by atoms with Crippen LogP contribution in [0.3, 0.4) is 0 Å². The third-order valence-corrected chi connectivity index (χ3v) is 6.42. The molecule has 6 nitrogen and oxygen atoms in total. The lowest BCUT2D eigenvalue weighted by Gasteiger charge is -2.32. The van der Waals surface area contributed by atoms with Gasteiger partial charge in [-0.3, -0.25) is 14.4 Å². The topological polar surface area (TPSA) is 77.0 Å². The summed E-state index contributed by atoms with van der Waals surface area (Å²) in [6.07, 6.45) is 9.25. The first-order valence-corrected chi connectivity index (χ1v) is 9.96. The Balaban J connectivity index is 1.49. The van der Waals surface area contributed by atoms with Crippen molar-refractivity contribution in [2.45, 2.75) is 32.2 Å². The van der Waals surface area contributed by atoms with E-state index in [1.807, 2.05) is 13.2 Å². The smallest absolute Gasteiger partial charge is 0.267 e. The van der Waals surface area contributed by atoms with Crippen LogP contribution in [-0.2, 0) is 13.6 Å². The fraction of sp³-hybridized carbons (Fsp3) is 0.409. The number of carbonyl (C=O) groups excluding carboxylic acids is 1. The van der Waals surface area contributed by atoms with Crippen molar-refractivity contribution >= 4 is 16.8 Å². The Labute approximate surface area is 164 Å². The zero-order chi connectivity index (χ0) is 19.3. The molecule has 6 heteroatoms. The zero-order valence-corrected chi connectivity index (χ0v) is 16.2. The second-order valence-electron chi connectivity index (χ2n) is 8.45. The average molecular weight is 375 g/mol. The summed E-state index contributed by atoms with van der Waals surface area (Å²) in [5, 5.41) is 5.27. The van der Waals surface area contributed by atoms with Gasteiger partial charge in [-0.15, -0.1) is 0 Å². The molecule has 2 aliphatic rings. The van der Waals surface area contributed by atoms with E-state index >= 15 is 0 Å². The maximum Gasteiger partial charge on any atom is 0.267 e. The Kier molecular flexibility index (Phi) is 3.98. The highest BCUT2D eigenvalue weighted by molar-refractivity contribution is 6.00. The van der Waals surface area contributed by atoms with Crippen molar-refractivity contribution < 1.29 is 4.79 Å². The molecule has 0 radical (unpaired) electrons. The molecule has 28 heavy (non-hydrogen) atoms. The van der Waals surface area contributed by atoms with E-state index in [-0.39, 0.29) is 5.69 Å². The van der Waals surface area contributed by atoms with Crippen molar-refractivity contribution in [2.24, 2.45) is 18.2 Å². The van der Waals surface area contributed by atoms with Gasteiger partial charge in [0.05, 0.1) is 11.7 Å². The molecule has 1 aliphatic carbocycles. The van der Waals surface area contributed by atoms with Crippen LogP contribution in [0.4, 0.5) is 0 Å². The molecule has 0 unspecified atom stereocenters. The Morgan fingerprint density at radius 1 is 1.18 bits per heavy atom. The summed E-state index contributed by atoms with van der Waals surface area (Å²) < 4.78 is 1.75. The van der Waals surface area contributed by atoms with Crippen molar-refractivity contribution in [1.82, 2.24) is 19.7 Å². The van der Waals surface area contributed by atoms with E-state index in [0.717, 1.165) is 28.6 Å². The van der Waals surface area contributed by atoms with Crippen molar-refractivity contribution in [1.29, 1.82) is 0 Å². The number of nitrogens with zero attached hydrogens (tertiary/aromatic N) is 4. The molecule has 1 aromatic carbocycles. The lowest BCUT2D eigenvalue weighted by Crippen LogP contribution is -2.33. The molecule has 3 aromatic rings.